The van der Waals surface area contributed by atoms with Gasteiger partial charge in [0.15, 0.2) is 5.65 Å². The molecule has 0 amide bonds. The zero-order valence-corrected chi connectivity index (χ0v) is 16.8. The van der Waals surface area contributed by atoms with Gasteiger partial charge in [-0.3, -0.25) is 9.38 Å². The van der Waals surface area contributed by atoms with Crippen molar-refractivity contribution < 1.29 is 0 Å². The number of halogens is 1. The van der Waals surface area contributed by atoms with Crippen molar-refractivity contribution in [3.63, 3.8) is 0 Å². The summed E-state index contributed by atoms with van der Waals surface area (Å²) in [5, 5.41) is 3.54. The molecule has 0 saturated heterocycles. The van der Waals surface area contributed by atoms with Gasteiger partial charge in [-0.15, -0.1) is 11.8 Å². The van der Waals surface area contributed by atoms with Crippen LogP contribution in [0.25, 0.3) is 16.9 Å². The minimum Gasteiger partial charge on any atom is -0.339 e. The standard InChI is InChI=1S/C20H17BrN4S/c1-13-3-8-17(16(21)11-13)23-20-19(14-4-6-15(26-2)7-5-14)24-18-12-22-9-10-25(18)20/h3-12,23H,1-2H3. The lowest BCUT2D eigenvalue weighted by molar-refractivity contribution is 1.13. The predicted molar refractivity (Wildman–Crippen MR) is 112 cm³/mol. The van der Waals surface area contributed by atoms with E-state index < -0.39 is 0 Å². The van der Waals surface area contributed by atoms with Crippen molar-refractivity contribution in [1.82, 2.24) is 14.4 Å². The van der Waals surface area contributed by atoms with Crippen LogP contribution in [0, 0.1) is 6.92 Å². The first-order chi connectivity index (χ1) is 12.7. The lowest BCUT2D eigenvalue weighted by atomic mass is 10.1. The second kappa shape index (κ2) is 7.13. The molecule has 0 aliphatic rings. The zero-order valence-electron chi connectivity index (χ0n) is 14.4. The van der Waals surface area contributed by atoms with Gasteiger partial charge in [-0.1, -0.05) is 18.2 Å². The van der Waals surface area contributed by atoms with Crippen LogP contribution in [0.5, 0.6) is 0 Å². The number of aromatic nitrogens is 3. The molecule has 0 spiro atoms. The molecule has 0 aliphatic carbocycles. The summed E-state index contributed by atoms with van der Waals surface area (Å²) >= 11 is 5.38. The van der Waals surface area contributed by atoms with Gasteiger partial charge >= 0.3 is 0 Å². The molecule has 2 aromatic heterocycles. The monoisotopic (exact) mass is 424 g/mol. The molecule has 0 radical (unpaired) electrons. The fourth-order valence-corrected chi connectivity index (χ4v) is 3.83. The van der Waals surface area contributed by atoms with E-state index in [9.17, 15) is 0 Å². The fourth-order valence-electron chi connectivity index (χ4n) is 2.83. The summed E-state index contributed by atoms with van der Waals surface area (Å²) in [7, 11) is 0. The molecule has 6 heteroatoms. The van der Waals surface area contributed by atoms with E-state index in [-0.39, 0.29) is 0 Å². The Morgan fingerprint density at radius 3 is 2.65 bits per heavy atom. The van der Waals surface area contributed by atoms with Gasteiger partial charge in [0.05, 0.1) is 11.9 Å². The van der Waals surface area contributed by atoms with Crippen molar-refractivity contribution >= 4 is 44.8 Å². The van der Waals surface area contributed by atoms with Gasteiger partial charge in [0.1, 0.15) is 11.5 Å². The SMILES string of the molecule is CSc1ccc(-c2nc3cnccn3c2Nc2ccc(C)cc2Br)cc1. The fraction of sp³-hybridized carbons (Fsp3) is 0.100. The number of benzene rings is 2. The highest BCUT2D eigenvalue weighted by Crippen LogP contribution is 2.34. The first kappa shape index (κ1) is 17.1. The average molecular weight is 425 g/mol. The highest BCUT2D eigenvalue weighted by atomic mass is 79.9. The first-order valence-electron chi connectivity index (χ1n) is 8.15. The van der Waals surface area contributed by atoms with Crippen molar-refractivity contribution in [2.75, 3.05) is 11.6 Å². The molecule has 0 aliphatic heterocycles. The van der Waals surface area contributed by atoms with E-state index in [1.165, 1.54) is 10.5 Å². The van der Waals surface area contributed by atoms with Crippen LogP contribution in [-0.4, -0.2) is 20.6 Å². The van der Waals surface area contributed by atoms with Crippen LogP contribution in [0.2, 0.25) is 0 Å². The second-order valence-electron chi connectivity index (χ2n) is 5.95. The van der Waals surface area contributed by atoms with Crippen LogP contribution in [0.15, 0.2) is 70.4 Å². The van der Waals surface area contributed by atoms with E-state index in [0.717, 1.165) is 32.9 Å². The number of nitrogens with one attached hydrogen (secondary N) is 1. The maximum atomic E-state index is 4.80. The van der Waals surface area contributed by atoms with Gasteiger partial charge in [-0.2, -0.15) is 0 Å². The highest BCUT2D eigenvalue weighted by molar-refractivity contribution is 9.10. The van der Waals surface area contributed by atoms with Crippen LogP contribution >= 0.6 is 27.7 Å². The molecule has 0 fully saturated rings. The number of imidazole rings is 1. The first-order valence-corrected chi connectivity index (χ1v) is 10.2. The topological polar surface area (TPSA) is 42.2 Å². The summed E-state index contributed by atoms with van der Waals surface area (Å²) in [6, 6.07) is 14.7. The molecule has 2 heterocycles. The number of nitrogens with zero attached hydrogens (tertiary/aromatic N) is 3. The van der Waals surface area contributed by atoms with Gasteiger partial charge in [-0.05, 0) is 58.9 Å². The van der Waals surface area contributed by atoms with E-state index in [1.54, 1.807) is 24.2 Å². The number of fused-ring (bicyclic) bond motifs is 1. The molecule has 0 saturated carbocycles. The van der Waals surface area contributed by atoms with Crippen molar-refractivity contribution in [2.45, 2.75) is 11.8 Å². The summed E-state index contributed by atoms with van der Waals surface area (Å²) in [5.41, 5.74) is 4.98. The molecule has 4 aromatic rings. The molecule has 4 rings (SSSR count). The van der Waals surface area contributed by atoms with Gasteiger partial charge in [0.25, 0.3) is 0 Å². The van der Waals surface area contributed by atoms with Crippen LogP contribution in [0.4, 0.5) is 11.5 Å². The summed E-state index contributed by atoms with van der Waals surface area (Å²) < 4.78 is 3.04. The summed E-state index contributed by atoms with van der Waals surface area (Å²) in [5.74, 6) is 0.920. The van der Waals surface area contributed by atoms with Gasteiger partial charge in [0, 0.05) is 27.3 Å². The molecule has 4 nitrogen and oxygen atoms in total. The molecule has 0 bridgehead atoms. The third kappa shape index (κ3) is 3.22. The second-order valence-corrected chi connectivity index (χ2v) is 7.68. The molecular formula is C20H17BrN4S. The van der Waals surface area contributed by atoms with E-state index in [0.29, 0.717) is 0 Å². The highest BCUT2D eigenvalue weighted by Gasteiger charge is 2.15. The summed E-state index contributed by atoms with van der Waals surface area (Å²) in [4.78, 5) is 10.2. The Labute approximate surface area is 164 Å². The Morgan fingerprint density at radius 1 is 1.12 bits per heavy atom. The molecular weight excluding hydrogens is 408 g/mol. The van der Waals surface area contributed by atoms with E-state index in [1.807, 2.05) is 10.6 Å². The third-order valence-electron chi connectivity index (χ3n) is 4.17. The van der Waals surface area contributed by atoms with Gasteiger partial charge in [0.2, 0.25) is 0 Å². The summed E-state index contributed by atoms with van der Waals surface area (Å²) in [6.07, 6.45) is 7.54. The Hall–Kier alpha value is -2.31. The lowest BCUT2D eigenvalue weighted by Gasteiger charge is -2.11. The average Bonchev–Trinajstić information content (AvgIpc) is 3.02. The van der Waals surface area contributed by atoms with Crippen molar-refractivity contribution in [3.8, 4) is 11.3 Å². The number of thioether (sulfide) groups is 1. The Morgan fingerprint density at radius 2 is 1.92 bits per heavy atom. The maximum Gasteiger partial charge on any atom is 0.157 e. The number of hydrogen-bond donors (Lipinski definition) is 1. The Balaban J connectivity index is 1.85. The largest absolute Gasteiger partial charge is 0.339 e. The predicted octanol–water partition coefficient (Wildman–Crippen LogP) is 5.93. The number of hydrogen-bond acceptors (Lipinski definition) is 4. The minimum absolute atomic E-state index is 0.808. The van der Waals surface area contributed by atoms with E-state index >= 15 is 0 Å². The smallest absolute Gasteiger partial charge is 0.157 e. The van der Waals surface area contributed by atoms with Gasteiger partial charge in [-0.25, -0.2) is 4.98 Å². The van der Waals surface area contributed by atoms with E-state index in [2.05, 4.69) is 81.9 Å². The summed E-state index contributed by atoms with van der Waals surface area (Å²) in [6.45, 7) is 2.08. The number of aryl methyl sites for hydroxylation is 1. The molecule has 1 N–H and O–H groups in total. The quantitative estimate of drug-likeness (QED) is 0.412. The van der Waals surface area contributed by atoms with Gasteiger partial charge < -0.3 is 5.32 Å². The molecule has 0 atom stereocenters. The van der Waals surface area contributed by atoms with Crippen molar-refractivity contribution in [2.24, 2.45) is 0 Å². The van der Waals surface area contributed by atoms with Crippen molar-refractivity contribution in [1.29, 1.82) is 0 Å². The normalized spacial score (nSPS) is 11.0. The Bertz CT molecular complexity index is 1070. The van der Waals surface area contributed by atoms with Crippen LogP contribution in [0.1, 0.15) is 5.56 Å². The third-order valence-corrected chi connectivity index (χ3v) is 5.57. The minimum atomic E-state index is 0.808. The van der Waals surface area contributed by atoms with Crippen LogP contribution in [-0.2, 0) is 0 Å². The number of rotatable bonds is 4. The zero-order chi connectivity index (χ0) is 18.1. The molecule has 2 aromatic carbocycles. The van der Waals surface area contributed by atoms with E-state index in [4.69, 9.17) is 4.98 Å². The molecule has 26 heavy (non-hydrogen) atoms. The lowest BCUT2D eigenvalue weighted by Crippen LogP contribution is -1.98. The molecule has 130 valence electrons. The van der Waals surface area contributed by atoms with Crippen molar-refractivity contribution in [3.05, 3.63) is 71.1 Å². The van der Waals surface area contributed by atoms with Crippen LogP contribution in [0.3, 0.4) is 0 Å². The van der Waals surface area contributed by atoms with Crippen LogP contribution < -0.4 is 5.32 Å². The molecule has 0 unspecified atom stereocenters. The number of anilines is 2. The maximum absolute atomic E-state index is 4.80. The Kier molecular flexibility index (Phi) is 4.70.